The van der Waals surface area contributed by atoms with Gasteiger partial charge in [0.15, 0.2) is 16.6 Å². The molecule has 0 saturated heterocycles. The Bertz CT molecular complexity index is 860. The van der Waals surface area contributed by atoms with Crippen LogP contribution < -0.4 is 29.6 Å². The van der Waals surface area contributed by atoms with Gasteiger partial charge in [0.2, 0.25) is 0 Å². The van der Waals surface area contributed by atoms with Crippen molar-refractivity contribution in [1.29, 1.82) is 0 Å². The molecule has 2 aromatic carbocycles. The summed E-state index contributed by atoms with van der Waals surface area (Å²) in [6.45, 7) is 0. The Balaban J connectivity index is 2.15. The number of thiocarbonyl (C=S) groups is 1. The van der Waals surface area contributed by atoms with Crippen molar-refractivity contribution in [1.82, 2.24) is 5.32 Å². The number of benzene rings is 2. The van der Waals surface area contributed by atoms with E-state index in [-0.39, 0.29) is 5.11 Å². The maximum Gasteiger partial charge on any atom is 0.257 e. The normalized spacial score (nSPS) is 9.96. The summed E-state index contributed by atoms with van der Waals surface area (Å²) in [5, 5.41) is 5.96. The lowest BCUT2D eigenvalue weighted by Gasteiger charge is -2.15. The van der Waals surface area contributed by atoms with Gasteiger partial charge in [0.25, 0.3) is 5.91 Å². The summed E-state index contributed by atoms with van der Waals surface area (Å²) < 4.78 is 20.8. The van der Waals surface area contributed by atoms with Crippen LogP contribution in [0, 0.1) is 0 Å². The first-order valence-corrected chi connectivity index (χ1v) is 8.48. The molecule has 0 fully saturated rings. The van der Waals surface area contributed by atoms with Crippen molar-refractivity contribution in [2.24, 2.45) is 0 Å². The van der Waals surface area contributed by atoms with E-state index in [1.165, 1.54) is 28.4 Å². The molecule has 0 radical (unpaired) electrons. The third kappa shape index (κ3) is 4.93. The van der Waals surface area contributed by atoms with Gasteiger partial charge in [-0.25, -0.2) is 0 Å². The van der Waals surface area contributed by atoms with Crippen molar-refractivity contribution >= 4 is 40.5 Å². The van der Waals surface area contributed by atoms with Gasteiger partial charge in [-0.05, 0) is 30.4 Å². The molecule has 0 atom stereocenters. The number of nitrogens with one attached hydrogen (secondary N) is 2. The number of amides is 1. The molecule has 9 heteroatoms. The summed E-state index contributed by atoms with van der Waals surface area (Å²) in [7, 11) is 6.00. The smallest absolute Gasteiger partial charge is 0.257 e. The molecule has 27 heavy (non-hydrogen) atoms. The number of anilines is 1. The molecule has 0 heterocycles. The highest BCUT2D eigenvalue weighted by atomic mass is 35.5. The van der Waals surface area contributed by atoms with Gasteiger partial charge in [-0.15, -0.1) is 0 Å². The molecule has 0 saturated carbocycles. The Morgan fingerprint density at radius 1 is 0.889 bits per heavy atom. The Hall–Kier alpha value is -2.71. The summed E-state index contributed by atoms with van der Waals surface area (Å²) in [6.07, 6.45) is 0. The van der Waals surface area contributed by atoms with E-state index in [0.717, 1.165) is 0 Å². The van der Waals surface area contributed by atoms with Crippen molar-refractivity contribution in [2.75, 3.05) is 33.8 Å². The molecule has 0 spiro atoms. The van der Waals surface area contributed by atoms with Crippen LogP contribution in [0.2, 0.25) is 5.02 Å². The lowest BCUT2D eigenvalue weighted by atomic mass is 10.2. The second kappa shape index (κ2) is 9.29. The molecule has 0 aromatic heterocycles. The molecule has 2 N–H and O–H groups in total. The topological polar surface area (TPSA) is 78.1 Å². The van der Waals surface area contributed by atoms with Gasteiger partial charge in [-0.1, -0.05) is 11.6 Å². The Labute approximate surface area is 167 Å². The summed E-state index contributed by atoms with van der Waals surface area (Å²) in [4.78, 5) is 12.4. The van der Waals surface area contributed by atoms with Gasteiger partial charge in [-0.3, -0.25) is 10.1 Å². The minimum Gasteiger partial charge on any atom is -0.495 e. The zero-order valence-electron chi connectivity index (χ0n) is 15.2. The third-order valence-electron chi connectivity index (χ3n) is 3.59. The van der Waals surface area contributed by atoms with Crippen molar-refractivity contribution in [3.63, 3.8) is 0 Å². The van der Waals surface area contributed by atoms with Crippen molar-refractivity contribution in [2.45, 2.75) is 0 Å². The fourth-order valence-electron chi connectivity index (χ4n) is 2.26. The van der Waals surface area contributed by atoms with Gasteiger partial charge in [-0.2, -0.15) is 0 Å². The van der Waals surface area contributed by atoms with Crippen molar-refractivity contribution in [3.05, 3.63) is 40.9 Å². The van der Waals surface area contributed by atoms with Gasteiger partial charge in [0.05, 0.1) is 39.1 Å². The predicted octanol–water partition coefficient (Wildman–Crippen LogP) is 3.50. The molecule has 0 aliphatic rings. The molecule has 0 unspecified atom stereocenters. The van der Waals surface area contributed by atoms with Crippen LogP contribution in [0.3, 0.4) is 0 Å². The fourth-order valence-corrected chi connectivity index (χ4v) is 2.70. The average molecular weight is 411 g/mol. The molecule has 0 aliphatic heterocycles. The van der Waals surface area contributed by atoms with Crippen LogP contribution in [0.25, 0.3) is 0 Å². The van der Waals surface area contributed by atoms with Crippen LogP contribution in [0.5, 0.6) is 23.0 Å². The molecular weight excluding hydrogens is 392 g/mol. The zero-order chi connectivity index (χ0) is 20.0. The Morgan fingerprint density at radius 3 is 2.11 bits per heavy atom. The van der Waals surface area contributed by atoms with Crippen LogP contribution in [0.4, 0.5) is 5.69 Å². The molecule has 0 bridgehead atoms. The van der Waals surface area contributed by atoms with Crippen LogP contribution in [-0.2, 0) is 0 Å². The van der Waals surface area contributed by atoms with Crippen molar-refractivity contribution in [3.8, 4) is 23.0 Å². The number of carbonyl (C=O) groups is 1. The number of carbonyl (C=O) groups excluding carboxylic acids is 1. The molecule has 144 valence electrons. The summed E-state index contributed by atoms with van der Waals surface area (Å²) in [5.41, 5.74) is 0.855. The predicted molar refractivity (Wildman–Crippen MR) is 108 cm³/mol. The van der Waals surface area contributed by atoms with E-state index in [9.17, 15) is 4.79 Å². The first kappa shape index (κ1) is 20.6. The van der Waals surface area contributed by atoms with E-state index in [1.54, 1.807) is 30.3 Å². The van der Waals surface area contributed by atoms with Crippen LogP contribution >= 0.6 is 23.8 Å². The quantitative estimate of drug-likeness (QED) is 0.705. The molecule has 1 amide bonds. The monoisotopic (exact) mass is 410 g/mol. The van der Waals surface area contributed by atoms with E-state index in [1.807, 2.05) is 0 Å². The minimum atomic E-state index is -0.409. The number of rotatable bonds is 6. The minimum absolute atomic E-state index is 0.0810. The molecular formula is C18H19ClN2O5S. The van der Waals surface area contributed by atoms with E-state index in [4.69, 9.17) is 42.8 Å². The van der Waals surface area contributed by atoms with Crippen LogP contribution in [0.15, 0.2) is 30.3 Å². The summed E-state index contributed by atoms with van der Waals surface area (Å²) >= 11 is 11.3. The molecule has 2 aromatic rings. The lowest BCUT2D eigenvalue weighted by Crippen LogP contribution is -2.34. The highest BCUT2D eigenvalue weighted by Crippen LogP contribution is 2.35. The number of hydrogen-bond donors (Lipinski definition) is 2. The Kier molecular flexibility index (Phi) is 7.09. The molecule has 2 rings (SSSR count). The van der Waals surface area contributed by atoms with E-state index in [0.29, 0.717) is 39.3 Å². The maximum atomic E-state index is 12.4. The second-order valence-corrected chi connectivity index (χ2v) is 5.98. The standard InChI is InChI=1S/C18H19ClN2O5S/c1-23-13-6-5-10(7-16(13)26-4)17(22)21-18(27)20-12-9-14(24-2)11(19)8-15(12)25-3/h5-9H,1-4H3,(H2,20,21,22,27). The number of ether oxygens (including phenoxy) is 4. The van der Waals surface area contributed by atoms with E-state index in [2.05, 4.69) is 10.6 Å². The van der Waals surface area contributed by atoms with Gasteiger partial charge in [0, 0.05) is 17.7 Å². The van der Waals surface area contributed by atoms with Crippen LogP contribution in [0.1, 0.15) is 10.4 Å². The largest absolute Gasteiger partial charge is 0.495 e. The number of hydrogen-bond acceptors (Lipinski definition) is 6. The first-order chi connectivity index (χ1) is 12.9. The SMILES string of the molecule is COc1cc(NC(=S)NC(=O)c2ccc(OC)c(OC)c2)c(OC)cc1Cl. The number of methoxy groups -OCH3 is 4. The zero-order valence-corrected chi connectivity index (χ0v) is 16.8. The first-order valence-electron chi connectivity index (χ1n) is 7.69. The van der Waals surface area contributed by atoms with Crippen LogP contribution in [-0.4, -0.2) is 39.5 Å². The number of halogens is 1. The van der Waals surface area contributed by atoms with E-state index < -0.39 is 5.91 Å². The summed E-state index contributed by atoms with van der Waals surface area (Å²) in [5.74, 6) is 1.44. The highest BCUT2D eigenvalue weighted by Gasteiger charge is 2.15. The van der Waals surface area contributed by atoms with Gasteiger partial charge < -0.3 is 24.3 Å². The van der Waals surface area contributed by atoms with Gasteiger partial charge >= 0.3 is 0 Å². The van der Waals surface area contributed by atoms with Crippen molar-refractivity contribution < 1.29 is 23.7 Å². The van der Waals surface area contributed by atoms with E-state index >= 15 is 0 Å². The average Bonchev–Trinajstić information content (AvgIpc) is 2.68. The highest BCUT2D eigenvalue weighted by molar-refractivity contribution is 7.80. The molecule has 0 aliphatic carbocycles. The summed E-state index contributed by atoms with van der Waals surface area (Å²) in [6, 6.07) is 8.00. The molecule has 7 nitrogen and oxygen atoms in total. The maximum absolute atomic E-state index is 12.4. The van der Waals surface area contributed by atoms with Gasteiger partial charge in [0.1, 0.15) is 11.5 Å². The fraction of sp³-hybridized carbons (Fsp3) is 0.222. The lowest BCUT2D eigenvalue weighted by molar-refractivity contribution is 0.0977. The Morgan fingerprint density at radius 2 is 1.52 bits per heavy atom. The second-order valence-electron chi connectivity index (χ2n) is 5.17. The third-order valence-corrected chi connectivity index (χ3v) is 4.09.